The molecule has 1 N–H and O–H groups in total. The summed E-state index contributed by atoms with van der Waals surface area (Å²) in [6, 6.07) is 5.40. The summed E-state index contributed by atoms with van der Waals surface area (Å²) in [4.78, 5) is 17.3. The van der Waals surface area contributed by atoms with Crippen LogP contribution < -0.4 is 9.47 Å². The van der Waals surface area contributed by atoms with Gasteiger partial charge in [-0.25, -0.2) is 4.98 Å². The minimum Gasteiger partial charge on any atom is -0.493 e. The number of hydrogen-bond acceptors (Lipinski definition) is 8. The molecule has 1 aromatic carbocycles. The summed E-state index contributed by atoms with van der Waals surface area (Å²) in [5.74, 6) is 0.128. The third-order valence-corrected chi connectivity index (χ3v) is 5.94. The Hall–Kier alpha value is -2.15. The van der Waals surface area contributed by atoms with Crippen LogP contribution in [0.1, 0.15) is 16.5 Å². The number of Topliss-reactive ketones (excluding diaryl/α,β-unsaturated/α-hetero) is 1. The van der Waals surface area contributed by atoms with Gasteiger partial charge in [0.15, 0.2) is 23.9 Å². The van der Waals surface area contributed by atoms with Crippen molar-refractivity contribution in [3.63, 3.8) is 0 Å². The van der Waals surface area contributed by atoms with Gasteiger partial charge in [0.2, 0.25) is 0 Å². The molecule has 9 heteroatoms. The molecule has 2 heterocycles. The molecule has 0 radical (unpaired) electrons. The number of hydrogen-bond donors (Lipinski definition) is 1. The van der Waals surface area contributed by atoms with Crippen LogP contribution in [0.25, 0.3) is 6.08 Å². The second-order valence-electron chi connectivity index (χ2n) is 5.12. The van der Waals surface area contributed by atoms with Crippen LogP contribution in [-0.2, 0) is 4.79 Å². The highest BCUT2D eigenvalue weighted by atomic mass is 79.9. The summed E-state index contributed by atoms with van der Waals surface area (Å²) in [5.41, 5.74) is 0.724. The molecule has 0 unspecified atom stereocenters. The summed E-state index contributed by atoms with van der Waals surface area (Å²) in [7, 11) is 1.50. The molecule has 3 rings (SSSR count). The number of rotatable bonds is 5. The van der Waals surface area contributed by atoms with Crippen molar-refractivity contribution in [3.8, 4) is 17.6 Å². The minimum absolute atomic E-state index is 0.101. The molecule has 132 valence electrons. The predicted molar refractivity (Wildman–Crippen MR) is 105 cm³/mol. The van der Waals surface area contributed by atoms with E-state index in [-0.39, 0.29) is 17.4 Å². The van der Waals surface area contributed by atoms with Gasteiger partial charge in [-0.3, -0.25) is 10.2 Å². The maximum Gasteiger partial charge on any atom is 0.186 e. The first-order valence-corrected chi connectivity index (χ1v) is 9.83. The Morgan fingerprint density at radius 3 is 2.96 bits per heavy atom. The van der Waals surface area contributed by atoms with E-state index in [1.54, 1.807) is 29.8 Å². The van der Waals surface area contributed by atoms with Gasteiger partial charge in [0.1, 0.15) is 17.0 Å². The largest absolute Gasteiger partial charge is 0.493 e. The lowest BCUT2D eigenvalue weighted by molar-refractivity contribution is -0.114. The summed E-state index contributed by atoms with van der Waals surface area (Å²) < 4.78 is 11.3. The number of ether oxygens (including phenoxy) is 2. The molecule has 0 aliphatic carbocycles. The molecule has 26 heavy (non-hydrogen) atoms. The average molecular weight is 450 g/mol. The number of methoxy groups -OCH3 is 1. The van der Waals surface area contributed by atoms with Gasteiger partial charge >= 0.3 is 0 Å². The number of nitrogens with zero attached hydrogens (tertiary/aromatic N) is 2. The quantitative estimate of drug-likeness (QED) is 0.685. The van der Waals surface area contributed by atoms with Crippen LogP contribution in [0, 0.1) is 16.7 Å². The van der Waals surface area contributed by atoms with Crippen molar-refractivity contribution in [1.29, 1.82) is 10.7 Å². The summed E-state index contributed by atoms with van der Waals surface area (Å²) in [6.07, 6.45) is 3.35. The highest BCUT2D eigenvalue weighted by molar-refractivity contribution is 9.10. The van der Waals surface area contributed by atoms with Gasteiger partial charge in [0.05, 0.1) is 21.5 Å². The third-order valence-electron chi connectivity index (χ3n) is 3.52. The highest BCUT2D eigenvalue weighted by Gasteiger charge is 2.38. The zero-order valence-corrected chi connectivity index (χ0v) is 16.7. The Morgan fingerprint density at radius 2 is 2.31 bits per heavy atom. The van der Waals surface area contributed by atoms with Gasteiger partial charge in [0, 0.05) is 11.6 Å². The predicted octanol–water partition coefficient (Wildman–Crippen LogP) is 4.23. The summed E-state index contributed by atoms with van der Waals surface area (Å²) >= 11 is 5.92. The number of nitriles is 1. The van der Waals surface area contributed by atoms with E-state index in [4.69, 9.17) is 20.1 Å². The number of aromatic nitrogens is 1. The Morgan fingerprint density at radius 1 is 1.50 bits per heavy atom. The number of halogens is 1. The van der Waals surface area contributed by atoms with E-state index >= 15 is 0 Å². The van der Waals surface area contributed by atoms with E-state index in [1.807, 2.05) is 6.07 Å². The molecular formula is C17H12BrN3O3S2. The molecule has 0 bridgehead atoms. The van der Waals surface area contributed by atoms with Crippen molar-refractivity contribution in [2.45, 2.75) is 5.92 Å². The summed E-state index contributed by atoms with van der Waals surface area (Å²) in [6.45, 7) is -0.101. The normalized spacial score (nSPS) is 18.2. The molecule has 2 aromatic rings. The van der Waals surface area contributed by atoms with E-state index in [0.29, 0.717) is 25.9 Å². The number of carbonyl (C=O) groups excluding carboxylic acids is 1. The van der Waals surface area contributed by atoms with Gasteiger partial charge in [-0.2, -0.15) is 5.26 Å². The molecule has 0 saturated carbocycles. The molecule has 1 aliphatic heterocycles. The topological polar surface area (TPSA) is 96.1 Å². The zero-order chi connectivity index (χ0) is 18.7. The Labute approximate surface area is 166 Å². The summed E-state index contributed by atoms with van der Waals surface area (Å²) in [5, 5.41) is 19.5. The lowest BCUT2D eigenvalue weighted by Gasteiger charge is -2.11. The SMILES string of the molecule is COc1cc(/C=C2\SC(=N)[C@@H](c3nccs3)C2=O)cc(Br)c1OCC#N. The van der Waals surface area contributed by atoms with Crippen LogP contribution in [0.5, 0.6) is 11.5 Å². The fraction of sp³-hybridized carbons (Fsp3) is 0.176. The van der Waals surface area contributed by atoms with E-state index in [9.17, 15) is 4.79 Å². The van der Waals surface area contributed by atoms with Crippen molar-refractivity contribution < 1.29 is 14.3 Å². The van der Waals surface area contributed by atoms with Gasteiger partial charge < -0.3 is 9.47 Å². The van der Waals surface area contributed by atoms with Gasteiger partial charge in [-0.1, -0.05) is 11.8 Å². The van der Waals surface area contributed by atoms with Gasteiger partial charge in [-0.15, -0.1) is 11.3 Å². The number of thiazole rings is 1. The maximum atomic E-state index is 12.7. The van der Waals surface area contributed by atoms with Crippen LogP contribution in [0.15, 0.2) is 33.1 Å². The van der Waals surface area contributed by atoms with Crippen molar-refractivity contribution in [2.75, 3.05) is 13.7 Å². The van der Waals surface area contributed by atoms with Crippen LogP contribution in [-0.4, -0.2) is 29.5 Å². The second kappa shape index (κ2) is 8.03. The first kappa shape index (κ1) is 18.6. The van der Waals surface area contributed by atoms with Crippen LogP contribution in [0.2, 0.25) is 0 Å². The van der Waals surface area contributed by atoms with Crippen LogP contribution in [0.3, 0.4) is 0 Å². The molecule has 6 nitrogen and oxygen atoms in total. The number of benzene rings is 1. The van der Waals surface area contributed by atoms with E-state index in [1.165, 1.54) is 18.4 Å². The Kier molecular flexibility index (Phi) is 5.76. The monoisotopic (exact) mass is 449 g/mol. The number of thioether (sulfide) groups is 1. The second-order valence-corrected chi connectivity index (χ2v) is 7.99. The molecule has 0 spiro atoms. The zero-order valence-electron chi connectivity index (χ0n) is 13.5. The Balaban J connectivity index is 1.93. The number of ketones is 1. The third kappa shape index (κ3) is 3.67. The highest BCUT2D eigenvalue weighted by Crippen LogP contribution is 2.42. The van der Waals surface area contributed by atoms with Gasteiger partial charge in [-0.05, 0) is 39.7 Å². The molecule has 1 atom stereocenters. The first-order valence-electron chi connectivity index (χ1n) is 7.34. The molecule has 1 aliphatic rings. The molecule has 1 aromatic heterocycles. The minimum atomic E-state index is -0.616. The lowest BCUT2D eigenvalue weighted by Crippen LogP contribution is -2.11. The van der Waals surface area contributed by atoms with Crippen LogP contribution in [0.4, 0.5) is 0 Å². The average Bonchev–Trinajstić information content (AvgIpc) is 3.22. The number of carbonyl (C=O) groups is 1. The van der Waals surface area contributed by atoms with Crippen molar-refractivity contribution >= 4 is 55.9 Å². The van der Waals surface area contributed by atoms with Gasteiger partial charge in [0.25, 0.3) is 0 Å². The molecular weight excluding hydrogens is 438 g/mol. The van der Waals surface area contributed by atoms with Crippen molar-refractivity contribution in [2.24, 2.45) is 0 Å². The number of allylic oxidation sites excluding steroid dienone is 1. The Bertz CT molecular complexity index is 935. The molecule has 1 saturated heterocycles. The molecule has 1 fully saturated rings. The first-order chi connectivity index (χ1) is 12.5. The van der Waals surface area contributed by atoms with Crippen LogP contribution >= 0.6 is 39.0 Å². The fourth-order valence-electron chi connectivity index (χ4n) is 2.41. The molecule has 0 amide bonds. The van der Waals surface area contributed by atoms with Crippen molar-refractivity contribution in [3.05, 3.63) is 43.7 Å². The van der Waals surface area contributed by atoms with Crippen molar-refractivity contribution in [1.82, 2.24) is 4.98 Å². The number of nitrogens with one attached hydrogen (secondary N) is 1. The van der Waals surface area contributed by atoms with E-state index in [0.717, 1.165) is 17.3 Å². The fourth-order valence-corrected chi connectivity index (χ4v) is 4.79. The smallest absolute Gasteiger partial charge is 0.186 e. The van der Waals surface area contributed by atoms with E-state index in [2.05, 4.69) is 20.9 Å². The maximum absolute atomic E-state index is 12.7. The lowest BCUT2D eigenvalue weighted by atomic mass is 10.0. The standard InChI is InChI=1S/C17H12BrN3O3S2/c1-23-11-7-9(6-10(18)15(11)24-4-2-19)8-12-14(22)13(16(20)26-12)17-21-3-5-25-17/h3,5-8,13,20H,4H2,1H3/b12-8-,20-16?/t13-/m0/s1. The van der Waals surface area contributed by atoms with E-state index < -0.39 is 5.92 Å².